The summed E-state index contributed by atoms with van der Waals surface area (Å²) in [5, 5.41) is 5.72. The molecular weight excluding hydrogens is 240 g/mol. The number of hydrogen-bond donors (Lipinski definition) is 1. The molecule has 2 rings (SSSR count). The third-order valence-electron chi connectivity index (χ3n) is 2.92. The largest absolute Gasteiger partial charge is 0.304 e. The van der Waals surface area contributed by atoms with Gasteiger partial charge in [-0.15, -0.1) is 11.3 Å². The fraction of sp³-hybridized carbons (Fsp3) is 0.400. The van der Waals surface area contributed by atoms with Crippen LogP contribution in [0, 0.1) is 5.92 Å². The van der Waals surface area contributed by atoms with Gasteiger partial charge in [-0.25, -0.2) is 4.98 Å². The zero-order valence-electron chi connectivity index (χ0n) is 11.0. The summed E-state index contributed by atoms with van der Waals surface area (Å²) in [5.74, 6) is 0.679. The normalized spacial score (nSPS) is 12.8. The van der Waals surface area contributed by atoms with Crippen molar-refractivity contribution in [1.82, 2.24) is 10.3 Å². The van der Waals surface area contributed by atoms with E-state index in [2.05, 4.69) is 59.9 Å². The van der Waals surface area contributed by atoms with Gasteiger partial charge in [-0.05, 0) is 17.9 Å². The topological polar surface area (TPSA) is 24.9 Å². The molecule has 0 spiro atoms. The molecule has 0 saturated heterocycles. The highest BCUT2D eigenvalue weighted by atomic mass is 32.1. The fourth-order valence-electron chi connectivity index (χ4n) is 2.05. The molecule has 3 heteroatoms. The van der Waals surface area contributed by atoms with Crippen LogP contribution in [0.15, 0.2) is 41.2 Å². The van der Waals surface area contributed by atoms with Crippen molar-refractivity contribution >= 4 is 11.3 Å². The molecule has 2 nitrogen and oxygen atoms in total. The molecule has 0 aliphatic carbocycles. The van der Waals surface area contributed by atoms with Crippen LogP contribution in [0.3, 0.4) is 0 Å². The molecule has 1 unspecified atom stereocenters. The van der Waals surface area contributed by atoms with E-state index in [1.807, 2.05) is 5.51 Å². The van der Waals surface area contributed by atoms with Crippen LogP contribution in [0.5, 0.6) is 0 Å². The second-order valence-electron chi connectivity index (χ2n) is 4.95. The van der Waals surface area contributed by atoms with E-state index >= 15 is 0 Å². The van der Waals surface area contributed by atoms with Crippen molar-refractivity contribution in [2.24, 2.45) is 5.92 Å². The molecule has 96 valence electrons. The van der Waals surface area contributed by atoms with Crippen molar-refractivity contribution in [1.29, 1.82) is 0 Å². The number of nitrogens with zero attached hydrogens (tertiary/aromatic N) is 1. The first-order chi connectivity index (χ1) is 8.75. The lowest BCUT2D eigenvalue weighted by Gasteiger charge is -2.20. The van der Waals surface area contributed by atoms with Crippen LogP contribution in [-0.2, 0) is 6.54 Å². The van der Waals surface area contributed by atoms with Gasteiger partial charge in [-0.2, -0.15) is 0 Å². The van der Waals surface area contributed by atoms with E-state index in [4.69, 9.17) is 0 Å². The lowest BCUT2D eigenvalue weighted by molar-refractivity contribution is 0.427. The molecule has 0 bridgehead atoms. The van der Waals surface area contributed by atoms with Crippen molar-refractivity contribution in [3.8, 4) is 0 Å². The first-order valence-electron chi connectivity index (χ1n) is 6.41. The first kappa shape index (κ1) is 13.2. The summed E-state index contributed by atoms with van der Waals surface area (Å²) in [4.78, 5) is 4.32. The highest BCUT2D eigenvalue weighted by Crippen LogP contribution is 2.21. The van der Waals surface area contributed by atoms with E-state index in [0.29, 0.717) is 12.0 Å². The molecular formula is C15H20N2S. The molecule has 1 aromatic heterocycles. The van der Waals surface area contributed by atoms with E-state index in [9.17, 15) is 0 Å². The number of rotatable bonds is 6. The van der Waals surface area contributed by atoms with E-state index < -0.39 is 0 Å². The zero-order chi connectivity index (χ0) is 12.8. The maximum atomic E-state index is 4.32. The third-order valence-corrected chi connectivity index (χ3v) is 3.56. The molecule has 18 heavy (non-hydrogen) atoms. The summed E-state index contributed by atoms with van der Waals surface area (Å²) >= 11 is 1.65. The minimum atomic E-state index is 0.410. The third kappa shape index (κ3) is 3.93. The molecule has 0 radical (unpaired) electrons. The Hall–Kier alpha value is -1.19. The van der Waals surface area contributed by atoms with Gasteiger partial charge in [-0.3, -0.25) is 0 Å². The highest BCUT2D eigenvalue weighted by Gasteiger charge is 2.12. The molecule has 1 aromatic carbocycles. The van der Waals surface area contributed by atoms with E-state index in [-0.39, 0.29) is 0 Å². The van der Waals surface area contributed by atoms with Gasteiger partial charge in [0, 0.05) is 18.0 Å². The average molecular weight is 260 g/mol. The van der Waals surface area contributed by atoms with Gasteiger partial charge >= 0.3 is 0 Å². The van der Waals surface area contributed by atoms with Crippen molar-refractivity contribution in [2.45, 2.75) is 32.9 Å². The van der Waals surface area contributed by atoms with E-state index in [1.165, 1.54) is 5.56 Å². The van der Waals surface area contributed by atoms with Crippen molar-refractivity contribution < 1.29 is 0 Å². The molecule has 0 amide bonds. The molecule has 0 aliphatic rings. The summed E-state index contributed by atoms with van der Waals surface area (Å²) in [7, 11) is 0. The molecule has 0 aliphatic heterocycles. The van der Waals surface area contributed by atoms with Crippen LogP contribution >= 0.6 is 11.3 Å². The summed E-state index contributed by atoms with van der Waals surface area (Å²) in [6.07, 6.45) is 1.15. The molecule has 0 fully saturated rings. The molecule has 0 saturated carbocycles. The van der Waals surface area contributed by atoms with Gasteiger partial charge in [0.15, 0.2) is 0 Å². The van der Waals surface area contributed by atoms with Gasteiger partial charge < -0.3 is 5.32 Å². The Kier molecular flexibility index (Phi) is 4.90. The second-order valence-corrected chi connectivity index (χ2v) is 5.67. The van der Waals surface area contributed by atoms with Gasteiger partial charge in [-0.1, -0.05) is 44.2 Å². The van der Waals surface area contributed by atoms with Crippen molar-refractivity contribution in [3.63, 3.8) is 0 Å². The number of nitrogens with one attached hydrogen (secondary N) is 1. The summed E-state index contributed by atoms with van der Waals surface area (Å²) in [6.45, 7) is 5.37. The highest BCUT2D eigenvalue weighted by molar-refractivity contribution is 7.07. The first-order valence-corrected chi connectivity index (χ1v) is 7.35. The minimum absolute atomic E-state index is 0.410. The van der Waals surface area contributed by atoms with Crippen LogP contribution < -0.4 is 5.32 Å². The van der Waals surface area contributed by atoms with Gasteiger partial charge in [0.25, 0.3) is 0 Å². The molecule has 1 N–H and O–H groups in total. The van der Waals surface area contributed by atoms with Crippen LogP contribution in [0.25, 0.3) is 0 Å². The zero-order valence-corrected chi connectivity index (χ0v) is 11.8. The molecule has 2 aromatic rings. The van der Waals surface area contributed by atoms with Crippen molar-refractivity contribution in [2.75, 3.05) is 0 Å². The Balaban J connectivity index is 2.01. The Morgan fingerprint density at radius 3 is 2.61 bits per heavy atom. The lowest BCUT2D eigenvalue weighted by Crippen LogP contribution is -2.22. The maximum Gasteiger partial charge on any atom is 0.0795 e. The van der Waals surface area contributed by atoms with Crippen LogP contribution in [0.1, 0.15) is 37.6 Å². The Bertz CT molecular complexity index is 437. The SMILES string of the molecule is CC(C)CC(NCc1cscn1)c1ccccc1. The fourth-order valence-corrected chi connectivity index (χ4v) is 2.61. The number of benzene rings is 1. The van der Waals surface area contributed by atoms with Gasteiger partial charge in [0.2, 0.25) is 0 Å². The maximum absolute atomic E-state index is 4.32. The predicted octanol–water partition coefficient (Wildman–Crippen LogP) is 4.02. The van der Waals surface area contributed by atoms with Gasteiger partial charge in [0.05, 0.1) is 11.2 Å². The Morgan fingerprint density at radius 1 is 1.22 bits per heavy atom. The van der Waals surface area contributed by atoms with Crippen LogP contribution in [0.2, 0.25) is 0 Å². The smallest absolute Gasteiger partial charge is 0.0795 e. The van der Waals surface area contributed by atoms with E-state index in [0.717, 1.165) is 18.7 Å². The number of hydrogen-bond acceptors (Lipinski definition) is 3. The monoisotopic (exact) mass is 260 g/mol. The summed E-state index contributed by atoms with van der Waals surface area (Å²) in [5.41, 5.74) is 4.38. The van der Waals surface area contributed by atoms with Crippen LogP contribution in [0.4, 0.5) is 0 Å². The number of thiazole rings is 1. The van der Waals surface area contributed by atoms with Crippen LogP contribution in [-0.4, -0.2) is 4.98 Å². The summed E-state index contributed by atoms with van der Waals surface area (Å²) in [6, 6.07) is 11.1. The Morgan fingerprint density at radius 2 is 2.00 bits per heavy atom. The minimum Gasteiger partial charge on any atom is -0.304 e. The predicted molar refractivity (Wildman–Crippen MR) is 77.6 cm³/mol. The second kappa shape index (κ2) is 6.66. The van der Waals surface area contributed by atoms with E-state index in [1.54, 1.807) is 11.3 Å². The summed E-state index contributed by atoms with van der Waals surface area (Å²) < 4.78 is 0. The molecule has 1 heterocycles. The quantitative estimate of drug-likeness (QED) is 0.848. The van der Waals surface area contributed by atoms with Gasteiger partial charge in [0.1, 0.15) is 0 Å². The molecule has 1 atom stereocenters. The average Bonchev–Trinajstić information content (AvgIpc) is 2.88. The lowest BCUT2D eigenvalue weighted by atomic mass is 9.97. The standard InChI is InChI=1S/C15H20N2S/c1-12(2)8-15(13-6-4-3-5-7-13)16-9-14-10-18-11-17-14/h3-7,10-12,15-16H,8-9H2,1-2H3. The van der Waals surface area contributed by atoms with Crippen molar-refractivity contribution in [3.05, 3.63) is 52.5 Å². The number of aromatic nitrogens is 1. The Labute approximate surface area is 113 Å².